The van der Waals surface area contributed by atoms with Crippen molar-refractivity contribution in [2.45, 2.75) is 144 Å². The number of aliphatic hydroxyl groups excluding tert-OH is 2. The molecule has 0 bridgehead atoms. The Kier molecular flexibility index (Phi) is 27.1. The van der Waals surface area contributed by atoms with Gasteiger partial charge in [-0.05, 0) is 75.6 Å². The second-order valence-electron chi connectivity index (χ2n) is 25.6. The number of nitrogen functional groups attached to an aromatic ring is 1. The molecule has 102 heavy (non-hydrogen) atoms. The maximum absolute atomic E-state index is 13.2. The van der Waals surface area contributed by atoms with Crippen molar-refractivity contribution in [1.82, 2.24) is 40.4 Å². The zero-order valence-corrected chi connectivity index (χ0v) is 61.5. The van der Waals surface area contributed by atoms with Gasteiger partial charge in [0, 0.05) is 109 Å². The number of allylic oxidation sites excluding steroid dienone is 6. The van der Waals surface area contributed by atoms with Crippen molar-refractivity contribution in [2.24, 2.45) is 5.41 Å². The van der Waals surface area contributed by atoms with E-state index in [9.17, 15) is 80.4 Å². The number of amides is 5. The van der Waals surface area contributed by atoms with Crippen LogP contribution < -0.4 is 26.6 Å². The van der Waals surface area contributed by atoms with Crippen molar-refractivity contribution in [3.63, 3.8) is 0 Å². The number of aliphatic hydroxyl groups is 2. The Morgan fingerprint density at radius 2 is 1.61 bits per heavy atom. The van der Waals surface area contributed by atoms with Crippen molar-refractivity contribution in [3.8, 4) is 0 Å². The van der Waals surface area contributed by atoms with Gasteiger partial charge in [-0.25, -0.2) is 33.9 Å². The molecule has 6 heterocycles. The number of ether oxygens (including phenoxy) is 1. The summed E-state index contributed by atoms with van der Waals surface area (Å²) in [7, 11) is -21.0. The Hall–Kier alpha value is -6.23. The summed E-state index contributed by atoms with van der Waals surface area (Å²) in [6.45, 7) is 11.6. The van der Waals surface area contributed by atoms with Gasteiger partial charge in [0.05, 0.1) is 47.1 Å². The fraction of sp³-hybridized carbons (Fsp3) is 0.517. The molecule has 0 spiro atoms. The molecule has 5 amide bonds. The minimum Gasteiger partial charge on any atom is -0.386 e. The number of unbranched alkanes of at least 4 members (excludes halogenated alkanes) is 2. The number of fused-ring (bicyclic) bond motifs is 3. The van der Waals surface area contributed by atoms with Gasteiger partial charge in [-0.15, -0.1) is 16.1 Å². The molecule has 4 aliphatic heterocycles. The molecular weight excluding hydrogens is 1460 g/mol. The van der Waals surface area contributed by atoms with Crippen LogP contribution in [-0.2, 0) is 90.6 Å². The number of phosphoric acid groups is 3. The lowest BCUT2D eigenvalue weighted by molar-refractivity contribution is -0.438. The van der Waals surface area contributed by atoms with Crippen LogP contribution in [0.2, 0.25) is 0 Å². The molecule has 3 unspecified atom stereocenters. The number of anilines is 2. The number of phosphoric ester groups is 3. The molecule has 0 radical (unpaired) electrons. The lowest BCUT2D eigenvalue weighted by Gasteiger charge is -2.30. The molecule has 8 rings (SSSR count). The van der Waals surface area contributed by atoms with Crippen LogP contribution in [0.15, 0.2) is 94.9 Å². The van der Waals surface area contributed by atoms with Crippen molar-refractivity contribution < 1.29 is 122 Å². The van der Waals surface area contributed by atoms with E-state index in [0.717, 1.165) is 86.3 Å². The number of likely N-dealkylation sites (tertiary alicyclic amines) is 1. The number of hydrogen-bond donors (Lipinski definition) is 12. The highest BCUT2D eigenvalue weighted by atomic mass is 32.2. The fourth-order valence-corrected chi connectivity index (χ4v) is 16.8. The molecule has 36 nitrogen and oxygen atoms in total. The molecule has 42 heteroatoms. The number of thioether (sulfide) groups is 1. The molecule has 2 aromatic heterocycles. The van der Waals surface area contributed by atoms with Crippen molar-refractivity contribution in [2.75, 3.05) is 68.9 Å². The van der Waals surface area contributed by atoms with Gasteiger partial charge < -0.3 is 61.1 Å². The maximum atomic E-state index is 13.2. The van der Waals surface area contributed by atoms with Gasteiger partial charge in [0.25, 0.3) is 10.1 Å². The minimum atomic E-state index is -5.65. The first-order valence-corrected chi connectivity index (χ1v) is 39.6. The van der Waals surface area contributed by atoms with Gasteiger partial charge in [-0.2, -0.15) is 17.3 Å². The van der Waals surface area contributed by atoms with Crippen LogP contribution in [0.5, 0.6) is 0 Å². The van der Waals surface area contributed by atoms with Gasteiger partial charge in [-0.1, -0.05) is 51.0 Å². The zero-order chi connectivity index (χ0) is 74.9. The predicted molar refractivity (Wildman–Crippen MR) is 367 cm³/mol. The van der Waals surface area contributed by atoms with Gasteiger partial charge in [0.2, 0.25) is 35.2 Å². The first-order valence-electron chi connectivity index (χ1n) is 31.8. The van der Waals surface area contributed by atoms with Gasteiger partial charge in [0.1, 0.15) is 42.8 Å². The van der Waals surface area contributed by atoms with E-state index in [-0.39, 0.29) is 79.0 Å². The second kappa shape index (κ2) is 33.9. The number of carbonyl (C=O) groups excluding carboxylic acids is 5. The van der Waals surface area contributed by atoms with E-state index in [4.69, 9.17) is 29.1 Å². The molecule has 2 fully saturated rings. The Labute approximate surface area is 594 Å². The van der Waals surface area contributed by atoms with Gasteiger partial charge >= 0.3 is 23.5 Å². The summed E-state index contributed by atoms with van der Waals surface area (Å²) in [6.07, 6.45) is 4.67. The maximum Gasteiger partial charge on any atom is 0.481 e. The predicted octanol–water partition coefficient (Wildman–Crippen LogP) is 4.51. The monoisotopic (exact) mass is 1550 g/mol. The van der Waals surface area contributed by atoms with Crippen molar-refractivity contribution >= 4 is 121 Å². The lowest BCUT2D eigenvalue weighted by atomic mass is 9.81. The number of benzene rings is 2. The third-order valence-electron chi connectivity index (χ3n) is 17.2. The number of imide groups is 1. The number of nitrogens with two attached hydrogens (primary N) is 1. The third-order valence-corrected chi connectivity index (χ3v) is 22.9. The van der Waals surface area contributed by atoms with Crippen LogP contribution in [0.4, 0.5) is 17.2 Å². The number of carbonyl (C=O) groups is 5. The van der Waals surface area contributed by atoms with E-state index >= 15 is 0 Å². The van der Waals surface area contributed by atoms with Crippen LogP contribution in [0, 0.1) is 5.41 Å². The number of rotatable bonds is 37. The van der Waals surface area contributed by atoms with E-state index in [1.807, 2.05) is 69.4 Å². The standard InChI is InChI=1S/C60H82N11O25P3S3/c1-8-68-40-21-19-37(102(87,88)89)30-39(40)60(6,7)44(68)15-11-9-12-16-45-59(4,5)38-29-36(101-95-94-79)18-20-41(38)69(45)26-14-10-13-17-46(72)62-24-27-70-48(74)31-43(56(70)78)100-28-25-63-47(73)22-23-64-55(77)52(76)58(2,3)33-91-99(85,86)96-98(83,84)90-32-42-51(93-97(80,81)82)50(75)57(92-42)71-35-67-49-53(61)65-34-66-54(49)71/h9,11-12,15-16,18-21,29-30,34-35,42-43,50-52,57,75-76H,8,10,13-14,17,22-28,31-33H2,1-7H3,(H10-,61,62,63,64,65,66,72,73,77,79,80,81,82,83,84,85,86,87,88,89)/p+1/t42-,43-,50+,51?,52+,57-/m1/s1. The summed E-state index contributed by atoms with van der Waals surface area (Å²) in [5.74, 6) is -2.49. The Morgan fingerprint density at radius 3 is 2.31 bits per heavy atom. The molecule has 0 saturated carbocycles. The molecule has 4 aliphatic rings. The van der Waals surface area contributed by atoms with Crippen molar-refractivity contribution in [1.29, 1.82) is 0 Å². The number of aromatic nitrogens is 4. The first kappa shape index (κ1) is 81.4. The van der Waals surface area contributed by atoms with Crippen LogP contribution in [0.1, 0.15) is 104 Å². The van der Waals surface area contributed by atoms with Crippen LogP contribution >= 0.6 is 47.3 Å². The SMILES string of the molecule is CCN1C(=CC=CC=CC2=[N+](CCCCCC(=O)NCCN3C(=O)C[C@@H](SCCNC(=O)CCNC(=O)[C@H](O)C(C)(C)COP(=O)(O)OP(=O)(O)OC[C@H]4O[C@@H](n5cnc6c(N)ncnc65)[C@@H](O)C4OP(=O)(O)O)C3=O)c3ccc(SOOO)cc3C2(C)C)C(C)(C)c2cc(S(=O)(=O)O)ccc21. The summed E-state index contributed by atoms with van der Waals surface area (Å²) in [5.41, 5.74) is 8.71. The summed E-state index contributed by atoms with van der Waals surface area (Å²) in [6, 6.07) is 10.4. The molecule has 13 N–H and O–H groups in total. The van der Waals surface area contributed by atoms with E-state index in [0.29, 0.717) is 30.8 Å². The molecule has 8 atom stereocenters. The molecule has 2 saturated heterocycles. The Balaban J connectivity index is 0.714. The Bertz CT molecular complexity index is 4190. The van der Waals surface area contributed by atoms with E-state index < -0.39 is 123 Å². The molecule has 560 valence electrons. The zero-order valence-electron chi connectivity index (χ0n) is 56.4. The van der Waals surface area contributed by atoms with Crippen molar-refractivity contribution in [3.05, 3.63) is 96.3 Å². The first-order chi connectivity index (χ1) is 47.8. The topological polar surface area (TPSA) is 512 Å². The summed E-state index contributed by atoms with van der Waals surface area (Å²) in [5, 5.41) is 41.5. The van der Waals surface area contributed by atoms with Gasteiger partial charge in [0.15, 0.2) is 23.4 Å². The number of likely N-dealkylation sites (N-methyl/N-ethyl adjacent to an activating group) is 1. The van der Waals surface area contributed by atoms with Crippen LogP contribution in [0.3, 0.4) is 0 Å². The van der Waals surface area contributed by atoms with Gasteiger partial charge in [-0.3, -0.25) is 51.6 Å². The fourth-order valence-electron chi connectivity index (χ4n) is 12.0. The highest BCUT2D eigenvalue weighted by molar-refractivity contribution is 8.00. The van der Waals surface area contributed by atoms with Crippen LogP contribution in [-0.4, -0.2) is 200 Å². The summed E-state index contributed by atoms with van der Waals surface area (Å²) < 4.78 is 104. The molecule has 4 aromatic rings. The largest absolute Gasteiger partial charge is 0.481 e. The van der Waals surface area contributed by atoms with E-state index in [1.54, 1.807) is 6.07 Å². The number of hydrogen-bond acceptors (Lipinski definition) is 27. The highest BCUT2D eigenvalue weighted by Gasteiger charge is 2.51. The molecular formula is C60H83N11O25P3S3+. The second-order valence-corrected chi connectivity index (χ2v) is 33.3. The average Bonchev–Trinajstić information content (AvgIpc) is 1.60. The van der Waals surface area contributed by atoms with E-state index in [2.05, 4.69) is 68.1 Å². The lowest BCUT2D eigenvalue weighted by Crippen LogP contribution is -2.46. The average molecular weight is 1550 g/mol. The molecule has 2 aromatic carbocycles. The number of imidazole rings is 1. The quantitative estimate of drug-likeness (QED) is 0.00340. The summed E-state index contributed by atoms with van der Waals surface area (Å²) >= 11 is 2.01. The summed E-state index contributed by atoms with van der Waals surface area (Å²) in [4.78, 5) is 120. The number of nitrogens with one attached hydrogen (secondary N) is 3. The minimum absolute atomic E-state index is 0.00663. The normalized spacial score (nSPS) is 21.7. The Morgan fingerprint density at radius 1 is 0.892 bits per heavy atom. The highest BCUT2D eigenvalue weighted by Crippen LogP contribution is 2.61. The third kappa shape index (κ3) is 20.2. The number of nitrogens with zero attached hydrogens (tertiary/aromatic N) is 7. The smallest absolute Gasteiger partial charge is 0.386 e. The molecule has 0 aliphatic carbocycles. The van der Waals surface area contributed by atoms with Crippen LogP contribution in [0.25, 0.3) is 11.2 Å². The van der Waals surface area contributed by atoms with E-state index in [1.165, 1.54) is 26.0 Å².